The van der Waals surface area contributed by atoms with Gasteiger partial charge in [0.25, 0.3) is 0 Å². The second kappa shape index (κ2) is 7.03. The Morgan fingerprint density at radius 3 is 2.27 bits per heavy atom. The Kier molecular flexibility index (Phi) is 4.43. The smallest absolute Gasteiger partial charge is 0.214 e. The van der Waals surface area contributed by atoms with E-state index in [4.69, 9.17) is 0 Å². The lowest BCUT2D eigenvalue weighted by Gasteiger charge is -2.36. The van der Waals surface area contributed by atoms with E-state index in [0.29, 0.717) is 37.7 Å². The third-order valence-corrected chi connectivity index (χ3v) is 4.47. The molecule has 1 aliphatic rings. The van der Waals surface area contributed by atoms with Gasteiger partial charge < -0.3 is 9.80 Å². The van der Waals surface area contributed by atoms with Gasteiger partial charge in [-0.3, -0.25) is 0 Å². The molecule has 0 atom stereocenters. The monoisotopic (exact) mass is 353 g/mol. The van der Waals surface area contributed by atoms with Crippen molar-refractivity contribution in [2.24, 2.45) is 0 Å². The van der Waals surface area contributed by atoms with E-state index in [-0.39, 0.29) is 0 Å². The third-order valence-electron chi connectivity index (χ3n) is 4.47. The van der Waals surface area contributed by atoms with E-state index >= 15 is 0 Å². The SMILES string of the molecule is Fc1cc(N2CCN(c3ncnc(-c4ccccc4)c3F)CC2)ccn1. The van der Waals surface area contributed by atoms with Gasteiger partial charge in [-0.2, -0.15) is 4.39 Å². The Labute approximate surface area is 150 Å². The van der Waals surface area contributed by atoms with Crippen molar-refractivity contribution < 1.29 is 8.78 Å². The minimum absolute atomic E-state index is 0.300. The van der Waals surface area contributed by atoms with Crippen LogP contribution in [-0.4, -0.2) is 41.1 Å². The molecule has 1 fully saturated rings. The number of aromatic nitrogens is 3. The molecule has 4 rings (SSSR count). The minimum Gasteiger partial charge on any atom is -0.368 e. The van der Waals surface area contributed by atoms with Crippen LogP contribution in [0.1, 0.15) is 0 Å². The summed E-state index contributed by atoms with van der Waals surface area (Å²) in [5.74, 6) is -0.610. The quantitative estimate of drug-likeness (QED) is 0.677. The Balaban J connectivity index is 1.53. The van der Waals surface area contributed by atoms with Crippen molar-refractivity contribution in [3.8, 4) is 11.3 Å². The first-order valence-electron chi connectivity index (χ1n) is 8.40. The molecule has 3 heterocycles. The molecule has 0 amide bonds. The van der Waals surface area contributed by atoms with Gasteiger partial charge >= 0.3 is 0 Å². The summed E-state index contributed by atoms with van der Waals surface area (Å²) in [6.07, 6.45) is 2.85. The van der Waals surface area contributed by atoms with E-state index in [1.807, 2.05) is 35.2 Å². The first-order valence-corrected chi connectivity index (χ1v) is 8.40. The van der Waals surface area contributed by atoms with Crippen LogP contribution in [-0.2, 0) is 0 Å². The largest absolute Gasteiger partial charge is 0.368 e. The van der Waals surface area contributed by atoms with E-state index < -0.39 is 11.8 Å². The Hall–Kier alpha value is -3.09. The molecule has 0 unspecified atom stereocenters. The van der Waals surface area contributed by atoms with Crippen LogP contribution in [0.3, 0.4) is 0 Å². The van der Waals surface area contributed by atoms with Gasteiger partial charge in [-0.1, -0.05) is 30.3 Å². The average molecular weight is 353 g/mol. The molecule has 26 heavy (non-hydrogen) atoms. The number of pyridine rings is 1. The molecule has 132 valence electrons. The van der Waals surface area contributed by atoms with E-state index in [9.17, 15) is 8.78 Å². The topological polar surface area (TPSA) is 45.2 Å². The maximum absolute atomic E-state index is 15.0. The molecule has 5 nitrogen and oxygen atoms in total. The summed E-state index contributed by atoms with van der Waals surface area (Å²) in [6.45, 7) is 2.47. The molecular formula is C19H17F2N5. The molecule has 0 N–H and O–H groups in total. The molecular weight excluding hydrogens is 336 g/mol. The predicted molar refractivity (Wildman–Crippen MR) is 96.0 cm³/mol. The van der Waals surface area contributed by atoms with Crippen molar-refractivity contribution in [3.05, 3.63) is 66.8 Å². The van der Waals surface area contributed by atoms with Crippen LogP contribution in [0.4, 0.5) is 20.3 Å². The van der Waals surface area contributed by atoms with Crippen LogP contribution in [0, 0.1) is 11.8 Å². The van der Waals surface area contributed by atoms with Crippen LogP contribution in [0.25, 0.3) is 11.3 Å². The van der Waals surface area contributed by atoms with E-state index in [1.54, 1.807) is 6.07 Å². The Morgan fingerprint density at radius 2 is 1.54 bits per heavy atom. The van der Waals surface area contributed by atoms with Gasteiger partial charge in [-0.25, -0.2) is 19.3 Å². The number of halogens is 2. The molecule has 7 heteroatoms. The van der Waals surface area contributed by atoms with Crippen molar-refractivity contribution in [1.82, 2.24) is 15.0 Å². The van der Waals surface area contributed by atoms with Crippen LogP contribution >= 0.6 is 0 Å². The maximum atomic E-state index is 15.0. The molecule has 0 aliphatic carbocycles. The van der Waals surface area contributed by atoms with Crippen LogP contribution in [0.2, 0.25) is 0 Å². The lowest BCUT2D eigenvalue weighted by Crippen LogP contribution is -2.47. The highest BCUT2D eigenvalue weighted by molar-refractivity contribution is 5.64. The summed E-state index contributed by atoms with van der Waals surface area (Å²) in [5.41, 5.74) is 1.80. The first kappa shape index (κ1) is 16.4. The number of piperazine rings is 1. The molecule has 0 radical (unpaired) electrons. The van der Waals surface area contributed by atoms with Crippen LogP contribution < -0.4 is 9.80 Å². The highest BCUT2D eigenvalue weighted by atomic mass is 19.1. The normalized spacial score (nSPS) is 14.5. The van der Waals surface area contributed by atoms with Gasteiger partial charge in [0.15, 0.2) is 11.6 Å². The number of rotatable bonds is 3. The number of nitrogens with zero attached hydrogens (tertiary/aromatic N) is 5. The van der Waals surface area contributed by atoms with Crippen molar-refractivity contribution in [3.63, 3.8) is 0 Å². The number of benzene rings is 1. The van der Waals surface area contributed by atoms with Crippen LogP contribution in [0.5, 0.6) is 0 Å². The van der Waals surface area contributed by atoms with Crippen LogP contribution in [0.15, 0.2) is 55.0 Å². The predicted octanol–water partition coefficient (Wildman–Crippen LogP) is 3.14. The summed E-state index contributed by atoms with van der Waals surface area (Å²) in [6, 6.07) is 12.4. The lowest BCUT2D eigenvalue weighted by molar-refractivity contribution is 0.575. The van der Waals surface area contributed by atoms with E-state index in [0.717, 1.165) is 11.3 Å². The summed E-state index contributed by atoms with van der Waals surface area (Å²) >= 11 is 0. The molecule has 1 saturated heterocycles. The van der Waals surface area contributed by atoms with Crippen molar-refractivity contribution >= 4 is 11.5 Å². The van der Waals surface area contributed by atoms with Gasteiger partial charge in [0, 0.05) is 49.7 Å². The fraction of sp³-hybridized carbons (Fsp3) is 0.211. The summed E-state index contributed by atoms with van der Waals surface area (Å²) in [7, 11) is 0. The molecule has 1 aliphatic heterocycles. The van der Waals surface area contributed by atoms with Gasteiger partial charge in [-0.15, -0.1) is 0 Å². The minimum atomic E-state index is -0.501. The average Bonchev–Trinajstić information content (AvgIpc) is 2.69. The van der Waals surface area contributed by atoms with E-state index in [1.165, 1.54) is 18.6 Å². The standard InChI is InChI=1S/C19H17F2N5/c20-16-12-15(6-7-22-16)25-8-10-26(11-9-25)19-17(21)18(23-13-24-19)14-4-2-1-3-5-14/h1-7,12-13H,8-11H2. The summed E-state index contributed by atoms with van der Waals surface area (Å²) in [4.78, 5) is 15.8. The molecule has 0 spiro atoms. The molecule has 3 aromatic rings. The van der Waals surface area contributed by atoms with Gasteiger partial charge in [0.1, 0.15) is 12.0 Å². The highest BCUT2D eigenvalue weighted by Crippen LogP contribution is 2.27. The van der Waals surface area contributed by atoms with Crippen molar-refractivity contribution in [1.29, 1.82) is 0 Å². The first-order chi connectivity index (χ1) is 12.7. The molecule has 0 bridgehead atoms. The second-order valence-electron chi connectivity index (χ2n) is 6.04. The van der Waals surface area contributed by atoms with Gasteiger partial charge in [0.05, 0.1) is 0 Å². The summed E-state index contributed by atoms with van der Waals surface area (Å²) < 4.78 is 28.3. The van der Waals surface area contributed by atoms with Crippen molar-refractivity contribution in [2.45, 2.75) is 0 Å². The van der Waals surface area contributed by atoms with Gasteiger partial charge in [-0.05, 0) is 6.07 Å². The Morgan fingerprint density at radius 1 is 0.808 bits per heavy atom. The molecule has 0 saturated carbocycles. The molecule has 1 aromatic carbocycles. The summed E-state index contributed by atoms with van der Waals surface area (Å²) in [5, 5.41) is 0. The lowest BCUT2D eigenvalue weighted by atomic mass is 10.1. The number of hydrogen-bond acceptors (Lipinski definition) is 5. The molecule has 2 aromatic heterocycles. The fourth-order valence-corrected chi connectivity index (χ4v) is 3.14. The van der Waals surface area contributed by atoms with Crippen molar-refractivity contribution in [2.75, 3.05) is 36.0 Å². The Bertz CT molecular complexity index is 895. The van der Waals surface area contributed by atoms with Gasteiger partial charge in [0.2, 0.25) is 5.95 Å². The number of hydrogen-bond donors (Lipinski definition) is 0. The third kappa shape index (κ3) is 3.20. The highest BCUT2D eigenvalue weighted by Gasteiger charge is 2.23. The number of anilines is 2. The zero-order valence-electron chi connectivity index (χ0n) is 14.0. The fourth-order valence-electron chi connectivity index (χ4n) is 3.14. The maximum Gasteiger partial charge on any atom is 0.214 e. The van der Waals surface area contributed by atoms with E-state index in [2.05, 4.69) is 19.9 Å². The second-order valence-corrected chi connectivity index (χ2v) is 6.04. The zero-order chi connectivity index (χ0) is 17.9. The zero-order valence-corrected chi connectivity index (χ0v) is 14.0.